The number of anilines is 1. The van der Waals surface area contributed by atoms with Crippen LogP contribution in [-0.2, 0) is 16.1 Å². The molecular formula is C17H20N2O3. The van der Waals surface area contributed by atoms with Gasteiger partial charge in [-0.2, -0.15) is 4.98 Å². The molecule has 0 saturated carbocycles. The lowest BCUT2D eigenvalue weighted by atomic mass is 10.2. The fourth-order valence-corrected chi connectivity index (χ4v) is 1.94. The first-order chi connectivity index (χ1) is 10.6. The van der Waals surface area contributed by atoms with E-state index in [9.17, 15) is 4.79 Å². The molecule has 116 valence electrons. The molecule has 1 aromatic carbocycles. The molecule has 1 aromatic heterocycles. The highest BCUT2D eigenvalue weighted by Crippen LogP contribution is 2.18. The van der Waals surface area contributed by atoms with Crippen molar-refractivity contribution in [2.75, 3.05) is 19.1 Å². The van der Waals surface area contributed by atoms with Crippen LogP contribution in [0.2, 0.25) is 0 Å². The largest absolute Gasteiger partial charge is 0.473 e. The number of hydrogen-bond acceptors (Lipinski definition) is 5. The van der Waals surface area contributed by atoms with Gasteiger partial charge in [0.2, 0.25) is 5.88 Å². The first-order valence-electron chi connectivity index (χ1n) is 7.06. The predicted octanol–water partition coefficient (Wildman–Crippen LogP) is 2.66. The van der Waals surface area contributed by atoms with Crippen LogP contribution in [0.15, 0.2) is 48.5 Å². The van der Waals surface area contributed by atoms with E-state index in [1.807, 2.05) is 42.5 Å². The van der Waals surface area contributed by atoms with Crippen LogP contribution in [0.5, 0.6) is 5.88 Å². The molecule has 1 heterocycles. The summed E-state index contributed by atoms with van der Waals surface area (Å²) in [5, 5.41) is 0. The normalized spacial score (nSPS) is 11.6. The molecule has 5 heteroatoms. The maximum Gasteiger partial charge on any atom is 0.328 e. The zero-order valence-electron chi connectivity index (χ0n) is 13.0. The minimum Gasteiger partial charge on any atom is -0.473 e. The third-order valence-electron chi connectivity index (χ3n) is 3.42. The minimum absolute atomic E-state index is 0.306. The molecule has 0 amide bonds. The quantitative estimate of drug-likeness (QED) is 0.768. The highest BCUT2D eigenvalue weighted by molar-refractivity contribution is 5.78. The van der Waals surface area contributed by atoms with Gasteiger partial charge in [-0.05, 0) is 18.6 Å². The lowest BCUT2D eigenvalue weighted by Crippen LogP contribution is -2.37. The highest BCUT2D eigenvalue weighted by atomic mass is 16.5. The van der Waals surface area contributed by atoms with E-state index in [1.54, 1.807) is 24.9 Å². The van der Waals surface area contributed by atoms with Gasteiger partial charge in [-0.1, -0.05) is 36.4 Å². The van der Waals surface area contributed by atoms with Crippen molar-refractivity contribution in [3.05, 3.63) is 54.1 Å². The molecule has 0 radical (unpaired) electrons. The van der Waals surface area contributed by atoms with Crippen LogP contribution in [0.4, 0.5) is 5.82 Å². The van der Waals surface area contributed by atoms with E-state index in [0.29, 0.717) is 18.3 Å². The number of aromatic nitrogens is 1. The number of ether oxygens (including phenoxy) is 2. The third-order valence-corrected chi connectivity index (χ3v) is 3.42. The van der Waals surface area contributed by atoms with Gasteiger partial charge in [-0.25, -0.2) is 4.79 Å². The summed E-state index contributed by atoms with van der Waals surface area (Å²) < 4.78 is 10.4. The van der Waals surface area contributed by atoms with Crippen LogP contribution in [0.3, 0.4) is 0 Å². The molecule has 0 aliphatic heterocycles. The van der Waals surface area contributed by atoms with Gasteiger partial charge in [-0.15, -0.1) is 0 Å². The molecule has 0 aliphatic rings. The van der Waals surface area contributed by atoms with Gasteiger partial charge in [0.15, 0.2) is 0 Å². The van der Waals surface area contributed by atoms with Crippen LogP contribution >= 0.6 is 0 Å². The SMILES string of the molecule is COC(=O)C(C)N(C)c1cccc(OCc2ccccc2)n1. The zero-order chi connectivity index (χ0) is 15.9. The Bertz CT molecular complexity index is 616. The summed E-state index contributed by atoms with van der Waals surface area (Å²) in [6, 6.07) is 14.9. The molecule has 5 nitrogen and oxygen atoms in total. The van der Waals surface area contributed by atoms with Crippen molar-refractivity contribution in [3.63, 3.8) is 0 Å². The molecule has 22 heavy (non-hydrogen) atoms. The van der Waals surface area contributed by atoms with E-state index < -0.39 is 6.04 Å². The molecular weight excluding hydrogens is 280 g/mol. The lowest BCUT2D eigenvalue weighted by molar-refractivity contribution is -0.141. The van der Waals surface area contributed by atoms with Crippen LogP contribution in [0, 0.1) is 0 Å². The number of carbonyl (C=O) groups excluding carboxylic acids is 1. The van der Waals surface area contributed by atoms with E-state index in [0.717, 1.165) is 5.56 Å². The van der Waals surface area contributed by atoms with Gasteiger partial charge in [0, 0.05) is 13.1 Å². The molecule has 0 saturated heterocycles. The van der Waals surface area contributed by atoms with Crippen LogP contribution in [0.25, 0.3) is 0 Å². The zero-order valence-corrected chi connectivity index (χ0v) is 13.0. The molecule has 2 aromatic rings. The Hall–Kier alpha value is -2.56. The molecule has 1 unspecified atom stereocenters. The van der Waals surface area contributed by atoms with Gasteiger partial charge < -0.3 is 14.4 Å². The van der Waals surface area contributed by atoms with Crippen molar-refractivity contribution in [2.45, 2.75) is 19.6 Å². The van der Waals surface area contributed by atoms with E-state index in [1.165, 1.54) is 7.11 Å². The maximum atomic E-state index is 11.6. The van der Waals surface area contributed by atoms with Crippen molar-refractivity contribution < 1.29 is 14.3 Å². The Balaban J connectivity index is 2.05. The number of methoxy groups -OCH3 is 1. The van der Waals surface area contributed by atoms with Crippen molar-refractivity contribution in [1.82, 2.24) is 4.98 Å². The molecule has 0 fully saturated rings. The predicted molar refractivity (Wildman–Crippen MR) is 84.9 cm³/mol. The van der Waals surface area contributed by atoms with Gasteiger partial charge >= 0.3 is 5.97 Å². The molecule has 1 atom stereocenters. The van der Waals surface area contributed by atoms with Gasteiger partial charge in [0.1, 0.15) is 18.5 Å². The van der Waals surface area contributed by atoms with Crippen molar-refractivity contribution in [2.24, 2.45) is 0 Å². The first kappa shape index (κ1) is 15.8. The number of likely N-dealkylation sites (N-methyl/N-ethyl adjacent to an activating group) is 1. The van der Waals surface area contributed by atoms with E-state index in [4.69, 9.17) is 9.47 Å². The van der Waals surface area contributed by atoms with E-state index in [2.05, 4.69) is 4.98 Å². The van der Waals surface area contributed by atoms with Crippen LogP contribution in [-0.4, -0.2) is 31.2 Å². The molecule has 0 bridgehead atoms. The fourth-order valence-electron chi connectivity index (χ4n) is 1.94. The van der Waals surface area contributed by atoms with Gasteiger partial charge in [0.25, 0.3) is 0 Å². The van der Waals surface area contributed by atoms with Crippen molar-refractivity contribution >= 4 is 11.8 Å². The molecule has 0 N–H and O–H groups in total. The second-order valence-corrected chi connectivity index (χ2v) is 4.92. The molecule has 0 aliphatic carbocycles. The van der Waals surface area contributed by atoms with Crippen LogP contribution < -0.4 is 9.64 Å². The summed E-state index contributed by atoms with van der Waals surface area (Å²) in [7, 11) is 3.17. The standard InChI is InChI=1S/C17H20N2O3/c1-13(17(20)21-3)19(2)15-10-7-11-16(18-15)22-12-14-8-5-4-6-9-14/h4-11,13H,12H2,1-3H3. The third kappa shape index (κ3) is 3.97. The summed E-state index contributed by atoms with van der Waals surface area (Å²) in [6.07, 6.45) is 0. The Morgan fingerprint density at radius 1 is 1.18 bits per heavy atom. The lowest BCUT2D eigenvalue weighted by Gasteiger charge is -2.24. The van der Waals surface area contributed by atoms with Crippen LogP contribution in [0.1, 0.15) is 12.5 Å². The fraction of sp³-hybridized carbons (Fsp3) is 0.294. The van der Waals surface area contributed by atoms with E-state index in [-0.39, 0.29) is 5.97 Å². The summed E-state index contributed by atoms with van der Waals surface area (Å²) >= 11 is 0. The van der Waals surface area contributed by atoms with Crippen molar-refractivity contribution in [1.29, 1.82) is 0 Å². The summed E-state index contributed by atoms with van der Waals surface area (Å²) in [5.41, 5.74) is 1.07. The Morgan fingerprint density at radius 3 is 2.59 bits per heavy atom. The van der Waals surface area contributed by atoms with E-state index >= 15 is 0 Å². The summed E-state index contributed by atoms with van der Waals surface area (Å²) in [5.74, 6) is 0.869. The maximum absolute atomic E-state index is 11.6. The highest BCUT2D eigenvalue weighted by Gasteiger charge is 2.20. The molecule has 2 rings (SSSR count). The summed E-state index contributed by atoms with van der Waals surface area (Å²) in [4.78, 5) is 17.8. The number of nitrogens with zero attached hydrogens (tertiary/aromatic N) is 2. The Morgan fingerprint density at radius 2 is 1.91 bits per heavy atom. The average Bonchev–Trinajstić information content (AvgIpc) is 2.59. The smallest absolute Gasteiger partial charge is 0.328 e. The van der Waals surface area contributed by atoms with Gasteiger partial charge in [0.05, 0.1) is 7.11 Å². The molecule has 0 spiro atoms. The number of rotatable bonds is 6. The van der Waals surface area contributed by atoms with Gasteiger partial charge in [-0.3, -0.25) is 0 Å². The first-order valence-corrected chi connectivity index (χ1v) is 7.06. The number of hydrogen-bond donors (Lipinski definition) is 0. The topological polar surface area (TPSA) is 51.7 Å². The summed E-state index contributed by atoms with van der Waals surface area (Å²) in [6.45, 7) is 2.22. The number of carbonyl (C=O) groups is 1. The number of esters is 1. The Labute approximate surface area is 130 Å². The Kier molecular flexibility index (Phi) is 5.36. The average molecular weight is 300 g/mol. The van der Waals surface area contributed by atoms with Crippen molar-refractivity contribution in [3.8, 4) is 5.88 Å². The number of pyridine rings is 1. The second-order valence-electron chi connectivity index (χ2n) is 4.92. The minimum atomic E-state index is -0.415. The second kappa shape index (κ2) is 7.45. The monoisotopic (exact) mass is 300 g/mol. The number of benzene rings is 1.